The average Bonchev–Trinajstić information content (AvgIpc) is 2.73. The number of nitrogens with zero attached hydrogens (tertiary/aromatic N) is 2. The van der Waals surface area contributed by atoms with Crippen molar-refractivity contribution in [1.82, 2.24) is 9.97 Å². The number of carboxylic acids is 1. The van der Waals surface area contributed by atoms with E-state index in [1.807, 2.05) is 6.92 Å². The lowest BCUT2D eigenvalue weighted by atomic mass is 10.0. The molecule has 156 valence electrons. The molecule has 0 radical (unpaired) electrons. The van der Waals surface area contributed by atoms with Gasteiger partial charge in [0.05, 0.1) is 36.4 Å². The predicted molar refractivity (Wildman–Crippen MR) is 107 cm³/mol. The second-order valence-corrected chi connectivity index (χ2v) is 6.36. The number of rotatable bonds is 8. The number of hydrogen-bond donors (Lipinski definition) is 1. The number of aromatic carboxylic acids is 1. The van der Waals surface area contributed by atoms with Crippen molar-refractivity contribution in [3.8, 4) is 28.3 Å². The summed E-state index contributed by atoms with van der Waals surface area (Å²) in [5.74, 6) is -3.26. The minimum atomic E-state index is -1.06. The molecule has 8 heteroatoms. The van der Waals surface area contributed by atoms with Gasteiger partial charge in [-0.05, 0) is 31.2 Å². The Morgan fingerprint density at radius 1 is 1.07 bits per heavy atom. The fourth-order valence-electron chi connectivity index (χ4n) is 2.94. The number of hydrogen-bond acceptors (Lipinski definition) is 5. The van der Waals surface area contributed by atoms with Gasteiger partial charge in [-0.25, -0.2) is 18.6 Å². The molecule has 0 bridgehead atoms. The number of carboxylic acid groups (broad SMARTS) is 1. The van der Waals surface area contributed by atoms with Crippen molar-refractivity contribution >= 4 is 5.97 Å². The molecule has 0 aliphatic rings. The van der Waals surface area contributed by atoms with Gasteiger partial charge in [0.2, 0.25) is 0 Å². The van der Waals surface area contributed by atoms with Crippen molar-refractivity contribution < 1.29 is 28.2 Å². The van der Waals surface area contributed by atoms with Crippen LogP contribution in [-0.2, 0) is 11.2 Å². The first-order valence-corrected chi connectivity index (χ1v) is 9.25. The van der Waals surface area contributed by atoms with E-state index in [2.05, 4.69) is 9.97 Å². The highest BCUT2D eigenvalue weighted by Gasteiger charge is 2.18. The van der Waals surface area contributed by atoms with Crippen molar-refractivity contribution in [3.63, 3.8) is 0 Å². The second-order valence-electron chi connectivity index (χ2n) is 6.36. The largest absolute Gasteiger partial charge is 0.491 e. The summed E-state index contributed by atoms with van der Waals surface area (Å²) < 4.78 is 38.6. The van der Waals surface area contributed by atoms with Gasteiger partial charge >= 0.3 is 5.97 Å². The molecule has 0 fully saturated rings. The lowest BCUT2D eigenvalue weighted by Crippen LogP contribution is -2.04. The Bertz CT molecular complexity index is 1030. The molecule has 1 N–H and O–H groups in total. The summed E-state index contributed by atoms with van der Waals surface area (Å²) in [6.45, 7) is 2.91. The van der Waals surface area contributed by atoms with E-state index in [0.29, 0.717) is 36.6 Å². The molecule has 0 amide bonds. The third-order valence-electron chi connectivity index (χ3n) is 4.41. The zero-order chi connectivity index (χ0) is 21.7. The normalized spacial score (nSPS) is 10.8. The monoisotopic (exact) mass is 414 g/mol. The van der Waals surface area contributed by atoms with Crippen LogP contribution in [0, 0.1) is 11.6 Å². The van der Waals surface area contributed by atoms with E-state index in [4.69, 9.17) is 14.6 Å². The van der Waals surface area contributed by atoms with Crippen LogP contribution in [-0.4, -0.2) is 41.4 Å². The van der Waals surface area contributed by atoms with Crippen molar-refractivity contribution in [2.45, 2.75) is 13.3 Å². The molecule has 0 spiro atoms. The molecule has 0 saturated heterocycles. The fraction of sp³-hybridized carbons (Fsp3) is 0.227. The Morgan fingerprint density at radius 2 is 1.73 bits per heavy atom. The van der Waals surface area contributed by atoms with Gasteiger partial charge in [0, 0.05) is 30.4 Å². The maximum Gasteiger partial charge on any atom is 0.335 e. The summed E-state index contributed by atoms with van der Waals surface area (Å²) in [5.41, 5.74) is 2.15. The highest BCUT2D eigenvalue weighted by molar-refractivity contribution is 5.88. The Labute approximate surface area is 172 Å². The molecular weight excluding hydrogens is 394 g/mol. The molecule has 3 rings (SSSR count). The van der Waals surface area contributed by atoms with Gasteiger partial charge in [0.25, 0.3) is 0 Å². The standard InChI is InChI=1S/C22H20F2N2O4/c1-3-30-9-8-16-12-25-19(15-10-17(23)21(29-2)18(24)11-15)20(26-16)13-4-6-14(7-5-13)22(27)28/h4-7,10-12H,3,8-9H2,1-2H3,(H,27,28). The Morgan fingerprint density at radius 3 is 2.30 bits per heavy atom. The van der Waals surface area contributed by atoms with Crippen LogP contribution in [0.1, 0.15) is 23.0 Å². The summed E-state index contributed by atoms with van der Waals surface area (Å²) in [5, 5.41) is 9.12. The van der Waals surface area contributed by atoms with E-state index in [0.717, 1.165) is 12.1 Å². The molecule has 0 atom stereocenters. The lowest BCUT2D eigenvalue weighted by molar-refractivity contribution is 0.0697. The first-order valence-electron chi connectivity index (χ1n) is 9.25. The molecule has 1 heterocycles. The number of methoxy groups -OCH3 is 1. The molecule has 0 saturated carbocycles. The SMILES string of the molecule is CCOCCc1cnc(-c2cc(F)c(OC)c(F)c2)c(-c2ccc(C(=O)O)cc2)n1. The van der Waals surface area contributed by atoms with Gasteiger partial charge in [-0.3, -0.25) is 4.98 Å². The maximum atomic E-state index is 14.3. The zero-order valence-corrected chi connectivity index (χ0v) is 16.5. The molecule has 0 unspecified atom stereocenters. The van der Waals surface area contributed by atoms with E-state index >= 15 is 0 Å². The molecular formula is C22H20F2N2O4. The van der Waals surface area contributed by atoms with Crippen molar-refractivity contribution in [3.05, 3.63) is 65.5 Å². The van der Waals surface area contributed by atoms with E-state index < -0.39 is 23.4 Å². The number of carbonyl (C=O) groups is 1. The first-order chi connectivity index (χ1) is 14.4. The molecule has 2 aromatic carbocycles. The van der Waals surface area contributed by atoms with Gasteiger partial charge in [-0.15, -0.1) is 0 Å². The number of halogens is 2. The average molecular weight is 414 g/mol. The van der Waals surface area contributed by atoms with Crippen LogP contribution in [0.5, 0.6) is 5.75 Å². The quantitative estimate of drug-likeness (QED) is 0.551. The van der Waals surface area contributed by atoms with Crippen LogP contribution in [0.25, 0.3) is 22.5 Å². The Kier molecular flexibility index (Phi) is 6.68. The van der Waals surface area contributed by atoms with Gasteiger partial charge in [-0.2, -0.15) is 0 Å². The summed E-state index contributed by atoms with van der Waals surface area (Å²) in [4.78, 5) is 20.1. The number of benzene rings is 2. The van der Waals surface area contributed by atoms with Crippen LogP contribution in [0.2, 0.25) is 0 Å². The first kappa shape index (κ1) is 21.3. The summed E-state index contributed by atoms with van der Waals surface area (Å²) in [7, 11) is 1.18. The molecule has 30 heavy (non-hydrogen) atoms. The lowest BCUT2D eigenvalue weighted by Gasteiger charge is -2.12. The Hall–Kier alpha value is -3.39. The molecule has 0 aliphatic carbocycles. The van der Waals surface area contributed by atoms with Crippen LogP contribution >= 0.6 is 0 Å². The second kappa shape index (κ2) is 9.41. The van der Waals surface area contributed by atoms with Gasteiger partial charge in [-0.1, -0.05) is 12.1 Å². The van der Waals surface area contributed by atoms with Crippen molar-refractivity contribution in [1.29, 1.82) is 0 Å². The summed E-state index contributed by atoms with van der Waals surface area (Å²) in [6.07, 6.45) is 2.04. The zero-order valence-electron chi connectivity index (χ0n) is 16.5. The molecule has 0 aliphatic heterocycles. The molecule has 1 aromatic heterocycles. The smallest absolute Gasteiger partial charge is 0.335 e. The van der Waals surface area contributed by atoms with Crippen molar-refractivity contribution in [2.75, 3.05) is 20.3 Å². The van der Waals surface area contributed by atoms with E-state index in [9.17, 15) is 13.6 Å². The number of aromatic nitrogens is 2. The number of ether oxygens (including phenoxy) is 2. The molecule has 3 aromatic rings. The van der Waals surface area contributed by atoms with E-state index in [-0.39, 0.29) is 16.8 Å². The van der Waals surface area contributed by atoms with Gasteiger partial charge in [0.15, 0.2) is 17.4 Å². The fourth-order valence-corrected chi connectivity index (χ4v) is 2.94. The van der Waals surface area contributed by atoms with E-state index in [1.165, 1.54) is 25.4 Å². The van der Waals surface area contributed by atoms with Crippen LogP contribution in [0.3, 0.4) is 0 Å². The van der Waals surface area contributed by atoms with E-state index in [1.54, 1.807) is 12.1 Å². The topological polar surface area (TPSA) is 81.5 Å². The predicted octanol–water partition coefficient (Wildman–Crippen LogP) is 4.37. The summed E-state index contributed by atoms with van der Waals surface area (Å²) >= 11 is 0. The van der Waals surface area contributed by atoms with Crippen LogP contribution in [0.4, 0.5) is 8.78 Å². The minimum Gasteiger partial charge on any atom is -0.491 e. The summed E-state index contributed by atoms with van der Waals surface area (Å²) in [6, 6.07) is 8.29. The van der Waals surface area contributed by atoms with Gasteiger partial charge in [0.1, 0.15) is 0 Å². The highest BCUT2D eigenvalue weighted by Crippen LogP contribution is 2.33. The third kappa shape index (κ3) is 4.60. The van der Waals surface area contributed by atoms with Crippen LogP contribution in [0.15, 0.2) is 42.6 Å². The third-order valence-corrected chi connectivity index (χ3v) is 4.41. The highest BCUT2D eigenvalue weighted by atomic mass is 19.1. The molecule has 6 nitrogen and oxygen atoms in total. The van der Waals surface area contributed by atoms with Crippen molar-refractivity contribution in [2.24, 2.45) is 0 Å². The maximum absolute atomic E-state index is 14.3. The Balaban J connectivity index is 2.11. The van der Waals surface area contributed by atoms with Gasteiger partial charge < -0.3 is 14.6 Å². The minimum absolute atomic E-state index is 0.113. The van der Waals surface area contributed by atoms with Crippen LogP contribution < -0.4 is 4.74 Å².